The van der Waals surface area contributed by atoms with Crippen molar-refractivity contribution in [2.75, 3.05) is 20.1 Å². The second kappa shape index (κ2) is 8.27. The van der Waals surface area contributed by atoms with E-state index in [1.807, 2.05) is 42.5 Å². The number of hydrogen-bond acceptors (Lipinski definition) is 5. The standard InChI is InChI=1S/C25H25N3O5/c1-15-23(24(30)26-17-10-20-25(31)27(2)13-22(29)28(20)12-17)19-11-18(8-9-21(19)33-15)32-14-16-6-4-3-5-7-16/h3-9,11,17,20H,10,12-14H2,1-2H3,(H,26,30)/t17-,20-/m0/s1. The molecule has 2 aliphatic rings. The summed E-state index contributed by atoms with van der Waals surface area (Å²) >= 11 is 0. The van der Waals surface area contributed by atoms with Gasteiger partial charge in [0.25, 0.3) is 5.91 Å². The van der Waals surface area contributed by atoms with Crippen LogP contribution in [0.25, 0.3) is 11.0 Å². The Morgan fingerprint density at radius 1 is 1.18 bits per heavy atom. The van der Waals surface area contributed by atoms with Crippen molar-refractivity contribution in [1.82, 2.24) is 15.1 Å². The van der Waals surface area contributed by atoms with Gasteiger partial charge in [-0.2, -0.15) is 0 Å². The largest absolute Gasteiger partial charge is 0.489 e. The zero-order chi connectivity index (χ0) is 23.1. The third kappa shape index (κ3) is 3.92. The SMILES string of the molecule is Cc1oc2ccc(OCc3ccccc3)cc2c1C(=O)N[C@H]1C[C@H]2C(=O)N(C)CC(=O)N2C1. The van der Waals surface area contributed by atoms with E-state index < -0.39 is 6.04 Å². The highest BCUT2D eigenvalue weighted by atomic mass is 16.5. The molecule has 2 saturated heterocycles. The van der Waals surface area contributed by atoms with Gasteiger partial charge in [0.15, 0.2) is 0 Å². The van der Waals surface area contributed by atoms with E-state index >= 15 is 0 Å². The maximum atomic E-state index is 13.2. The molecule has 8 nitrogen and oxygen atoms in total. The number of hydrogen-bond donors (Lipinski definition) is 1. The number of amides is 3. The van der Waals surface area contributed by atoms with Crippen molar-refractivity contribution < 1.29 is 23.5 Å². The van der Waals surface area contributed by atoms with Crippen LogP contribution < -0.4 is 10.1 Å². The number of furan rings is 1. The van der Waals surface area contributed by atoms with E-state index in [9.17, 15) is 14.4 Å². The molecular formula is C25H25N3O5. The van der Waals surface area contributed by atoms with Crippen molar-refractivity contribution in [2.45, 2.75) is 32.0 Å². The van der Waals surface area contributed by atoms with Crippen LogP contribution in [0.1, 0.15) is 28.1 Å². The summed E-state index contributed by atoms with van der Waals surface area (Å²) in [7, 11) is 1.63. The molecule has 0 saturated carbocycles. The van der Waals surface area contributed by atoms with Gasteiger partial charge < -0.3 is 24.3 Å². The van der Waals surface area contributed by atoms with Crippen molar-refractivity contribution in [3.63, 3.8) is 0 Å². The predicted octanol–water partition coefficient (Wildman–Crippen LogP) is 2.49. The number of carbonyl (C=O) groups is 3. The second-order valence-electron chi connectivity index (χ2n) is 8.63. The van der Waals surface area contributed by atoms with E-state index in [0.717, 1.165) is 5.56 Å². The maximum Gasteiger partial charge on any atom is 0.255 e. The minimum Gasteiger partial charge on any atom is -0.489 e. The Hall–Kier alpha value is -3.81. The molecule has 0 aliphatic carbocycles. The Morgan fingerprint density at radius 2 is 1.97 bits per heavy atom. The zero-order valence-corrected chi connectivity index (χ0v) is 18.5. The molecule has 33 heavy (non-hydrogen) atoms. The van der Waals surface area contributed by atoms with Crippen molar-refractivity contribution in [3.05, 3.63) is 65.4 Å². The van der Waals surface area contributed by atoms with E-state index in [0.29, 0.717) is 47.6 Å². The molecule has 2 aliphatic heterocycles. The first kappa shape index (κ1) is 21.1. The highest BCUT2D eigenvalue weighted by Gasteiger charge is 2.45. The molecule has 2 atom stereocenters. The van der Waals surface area contributed by atoms with E-state index in [4.69, 9.17) is 9.15 Å². The number of aryl methyl sites for hydroxylation is 1. The van der Waals surface area contributed by atoms with Gasteiger partial charge in [-0.15, -0.1) is 0 Å². The number of rotatable bonds is 5. The maximum absolute atomic E-state index is 13.2. The molecule has 0 bridgehead atoms. The van der Waals surface area contributed by atoms with Crippen LogP contribution in [0.2, 0.25) is 0 Å². The lowest BCUT2D eigenvalue weighted by atomic mass is 10.1. The van der Waals surface area contributed by atoms with Gasteiger partial charge in [-0.25, -0.2) is 0 Å². The van der Waals surface area contributed by atoms with Gasteiger partial charge >= 0.3 is 0 Å². The number of likely N-dealkylation sites (N-methyl/N-ethyl adjacent to an activating group) is 1. The molecule has 2 aromatic carbocycles. The number of carbonyl (C=O) groups excluding carboxylic acids is 3. The topological polar surface area (TPSA) is 92.1 Å². The fraction of sp³-hybridized carbons (Fsp3) is 0.320. The number of ether oxygens (including phenoxy) is 1. The third-order valence-electron chi connectivity index (χ3n) is 6.30. The van der Waals surface area contributed by atoms with Gasteiger partial charge in [-0.05, 0) is 37.1 Å². The van der Waals surface area contributed by atoms with Crippen LogP contribution in [0.3, 0.4) is 0 Å². The van der Waals surface area contributed by atoms with Gasteiger partial charge in [0, 0.05) is 25.0 Å². The molecule has 5 rings (SSSR count). The van der Waals surface area contributed by atoms with Gasteiger partial charge in [0.2, 0.25) is 11.8 Å². The number of nitrogens with zero attached hydrogens (tertiary/aromatic N) is 2. The first-order chi connectivity index (χ1) is 15.9. The number of benzene rings is 2. The Bertz CT molecular complexity index is 1240. The lowest BCUT2D eigenvalue weighted by Crippen LogP contribution is -2.55. The van der Waals surface area contributed by atoms with Crippen LogP contribution in [-0.2, 0) is 16.2 Å². The summed E-state index contributed by atoms with van der Waals surface area (Å²) < 4.78 is 11.7. The fourth-order valence-electron chi connectivity index (χ4n) is 4.65. The predicted molar refractivity (Wildman–Crippen MR) is 121 cm³/mol. The lowest BCUT2D eigenvalue weighted by molar-refractivity contribution is -0.152. The number of piperazine rings is 1. The van der Waals surface area contributed by atoms with Crippen LogP contribution in [-0.4, -0.2) is 59.7 Å². The van der Waals surface area contributed by atoms with Crippen LogP contribution in [0, 0.1) is 6.92 Å². The highest BCUT2D eigenvalue weighted by molar-refractivity contribution is 6.07. The van der Waals surface area contributed by atoms with Crippen LogP contribution in [0.4, 0.5) is 0 Å². The van der Waals surface area contributed by atoms with Gasteiger partial charge in [-0.3, -0.25) is 14.4 Å². The normalized spacial score (nSPS) is 20.3. The summed E-state index contributed by atoms with van der Waals surface area (Å²) in [5.41, 5.74) is 2.08. The number of nitrogens with one attached hydrogen (secondary N) is 1. The molecule has 0 unspecified atom stereocenters. The molecule has 1 aromatic heterocycles. The molecule has 170 valence electrons. The minimum absolute atomic E-state index is 0.0766. The molecule has 0 radical (unpaired) electrons. The fourth-order valence-corrected chi connectivity index (χ4v) is 4.65. The Morgan fingerprint density at radius 3 is 2.76 bits per heavy atom. The molecule has 1 N–H and O–H groups in total. The third-order valence-corrected chi connectivity index (χ3v) is 6.30. The summed E-state index contributed by atoms with van der Waals surface area (Å²) in [6.07, 6.45) is 0.404. The minimum atomic E-state index is -0.512. The molecule has 8 heteroatoms. The van der Waals surface area contributed by atoms with E-state index in [2.05, 4.69) is 5.32 Å². The Kier molecular flexibility index (Phi) is 5.28. The first-order valence-electron chi connectivity index (χ1n) is 11.0. The van der Waals surface area contributed by atoms with Gasteiger partial charge in [-0.1, -0.05) is 30.3 Å². The highest BCUT2D eigenvalue weighted by Crippen LogP contribution is 2.30. The molecule has 0 spiro atoms. The first-order valence-corrected chi connectivity index (χ1v) is 11.0. The van der Waals surface area contributed by atoms with Crippen molar-refractivity contribution >= 4 is 28.7 Å². The molecular weight excluding hydrogens is 422 g/mol. The Balaban J connectivity index is 1.33. The van der Waals surface area contributed by atoms with Crippen molar-refractivity contribution in [3.8, 4) is 5.75 Å². The van der Waals surface area contributed by atoms with Crippen LogP contribution in [0.5, 0.6) is 5.75 Å². The molecule has 2 fully saturated rings. The smallest absolute Gasteiger partial charge is 0.255 e. The summed E-state index contributed by atoms with van der Waals surface area (Å²) in [4.78, 5) is 41.0. The zero-order valence-electron chi connectivity index (χ0n) is 18.5. The second-order valence-corrected chi connectivity index (χ2v) is 8.63. The van der Waals surface area contributed by atoms with Crippen LogP contribution in [0.15, 0.2) is 52.9 Å². The summed E-state index contributed by atoms with van der Waals surface area (Å²) in [5.74, 6) is 0.675. The molecule has 3 heterocycles. The van der Waals surface area contributed by atoms with Gasteiger partial charge in [0.1, 0.15) is 29.7 Å². The summed E-state index contributed by atoms with van der Waals surface area (Å²) in [5, 5.41) is 3.66. The quantitative estimate of drug-likeness (QED) is 0.649. The van der Waals surface area contributed by atoms with Crippen LogP contribution >= 0.6 is 0 Å². The van der Waals surface area contributed by atoms with E-state index in [1.165, 1.54) is 4.90 Å². The van der Waals surface area contributed by atoms with Crippen molar-refractivity contribution in [1.29, 1.82) is 0 Å². The Labute approximate surface area is 191 Å². The lowest BCUT2D eigenvalue weighted by Gasteiger charge is -2.33. The summed E-state index contributed by atoms with van der Waals surface area (Å²) in [6, 6.07) is 14.5. The van der Waals surface area contributed by atoms with Gasteiger partial charge in [0.05, 0.1) is 12.1 Å². The summed E-state index contributed by atoms with van der Waals surface area (Å²) in [6.45, 7) is 2.57. The van der Waals surface area contributed by atoms with E-state index in [1.54, 1.807) is 24.9 Å². The van der Waals surface area contributed by atoms with Crippen molar-refractivity contribution in [2.24, 2.45) is 0 Å². The average molecular weight is 447 g/mol. The number of fused-ring (bicyclic) bond motifs is 2. The molecule has 3 amide bonds. The van der Waals surface area contributed by atoms with E-state index in [-0.39, 0.29) is 30.3 Å². The monoisotopic (exact) mass is 447 g/mol. The average Bonchev–Trinajstić information content (AvgIpc) is 3.37. The molecule has 3 aromatic rings.